The predicted molar refractivity (Wildman–Crippen MR) is 98.9 cm³/mol. The molecule has 1 nitrogen and oxygen atoms in total. The van der Waals surface area contributed by atoms with Crippen LogP contribution in [0.5, 0.6) is 0 Å². The maximum Gasteiger partial charge on any atom is 0.0306 e. The number of aryl methyl sites for hydroxylation is 1. The van der Waals surface area contributed by atoms with E-state index in [1.165, 1.54) is 36.8 Å². The Kier molecular flexibility index (Phi) is 4.13. The van der Waals surface area contributed by atoms with Crippen LogP contribution in [0.2, 0.25) is 0 Å². The number of hydrogen-bond acceptors (Lipinski definition) is 2. The summed E-state index contributed by atoms with van der Waals surface area (Å²) in [7, 11) is 0. The van der Waals surface area contributed by atoms with Crippen molar-refractivity contribution in [2.45, 2.75) is 44.6 Å². The van der Waals surface area contributed by atoms with E-state index in [0.717, 1.165) is 19.0 Å². The van der Waals surface area contributed by atoms with E-state index in [9.17, 15) is 0 Å². The number of rotatable bonds is 6. The normalized spacial score (nSPS) is 25.8. The molecule has 0 saturated heterocycles. The van der Waals surface area contributed by atoms with Crippen molar-refractivity contribution in [1.29, 1.82) is 0 Å². The summed E-state index contributed by atoms with van der Waals surface area (Å²) in [4.78, 5) is 1.57. The Morgan fingerprint density at radius 2 is 2.09 bits per heavy atom. The van der Waals surface area contributed by atoms with Gasteiger partial charge in [-0.3, -0.25) is 0 Å². The molecule has 0 aliphatic heterocycles. The average Bonchev–Trinajstić information content (AvgIpc) is 3.20. The molecular formula is C21H25NS. The van der Waals surface area contributed by atoms with E-state index >= 15 is 0 Å². The third kappa shape index (κ3) is 2.79. The fraction of sp³-hybridized carbons (Fsp3) is 0.429. The monoisotopic (exact) mass is 323 g/mol. The summed E-state index contributed by atoms with van der Waals surface area (Å²) in [6, 6.07) is 13.4. The van der Waals surface area contributed by atoms with Crippen molar-refractivity contribution in [1.82, 2.24) is 5.32 Å². The summed E-state index contributed by atoms with van der Waals surface area (Å²) in [5.41, 5.74) is 4.78. The van der Waals surface area contributed by atoms with Gasteiger partial charge in [0.1, 0.15) is 0 Å². The van der Waals surface area contributed by atoms with Crippen molar-refractivity contribution in [3.63, 3.8) is 0 Å². The van der Waals surface area contributed by atoms with E-state index in [1.54, 1.807) is 10.5 Å². The number of thiophene rings is 1. The van der Waals surface area contributed by atoms with Gasteiger partial charge in [0.05, 0.1) is 0 Å². The molecule has 23 heavy (non-hydrogen) atoms. The molecule has 0 radical (unpaired) electrons. The van der Waals surface area contributed by atoms with E-state index in [1.807, 2.05) is 11.3 Å². The zero-order chi connectivity index (χ0) is 15.7. The van der Waals surface area contributed by atoms with E-state index in [0.29, 0.717) is 5.41 Å². The second-order valence-corrected chi connectivity index (χ2v) is 8.04. The lowest BCUT2D eigenvalue weighted by molar-refractivity contribution is 0.313. The van der Waals surface area contributed by atoms with E-state index in [2.05, 4.69) is 60.1 Å². The van der Waals surface area contributed by atoms with Gasteiger partial charge in [-0.15, -0.1) is 11.3 Å². The first kappa shape index (κ1) is 15.2. The topological polar surface area (TPSA) is 12.0 Å². The minimum atomic E-state index is 0.334. The van der Waals surface area contributed by atoms with Crippen molar-refractivity contribution in [3.05, 3.63) is 69.4 Å². The highest BCUT2D eigenvalue weighted by molar-refractivity contribution is 7.10. The van der Waals surface area contributed by atoms with Crippen LogP contribution in [0.15, 0.2) is 53.4 Å². The third-order valence-electron chi connectivity index (χ3n) is 5.62. The van der Waals surface area contributed by atoms with Gasteiger partial charge < -0.3 is 5.32 Å². The fourth-order valence-electron chi connectivity index (χ4n) is 4.36. The van der Waals surface area contributed by atoms with E-state index < -0.39 is 0 Å². The van der Waals surface area contributed by atoms with Gasteiger partial charge in [0.2, 0.25) is 0 Å². The molecule has 1 N–H and O–H groups in total. The number of hydrogen-bond donors (Lipinski definition) is 1. The lowest BCUT2D eigenvalue weighted by Crippen LogP contribution is -2.42. The van der Waals surface area contributed by atoms with E-state index in [-0.39, 0.29) is 0 Å². The van der Waals surface area contributed by atoms with Crippen LogP contribution in [-0.4, -0.2) is 6.54 Å². The molecular weight excluding hydrogens is 298 g/mol. The molecule has 1 saturated carbocycles. The lowest BCUT2D eigenvalue weighted by Gasteiger charge is -2.45. The first-order valence-electron chi connectivity index (χ1n) is 8.80. The number of allylic oxidation sites excluding steroid dienone is 2. The van der Waals surface area contributed by atoms with Crippen LogP contribution in [0.25, 0.3) is 0 Å². The van der Waals surface area contributed by atoms with Gasteiger partial charge >= 0.3 is 0 Å². The smallest absolute Gasteiger partial charge is 0.0306 e. The van der Waals surface area contributed by atoms with Crippen molar-refractivity contribution >= 4 is 11.3 Å². The van der Waals surface area contributed by atoms with Gasteiger partial charge in [0.15, 0.2) is 0 Å². The van der Waals surface area contributed by atoms with Crippen molar-refractivity contribution < 1.29 is 0 Å². The second-order valence-electron chi connectivity index (χ2n) is 7.09. The molecule has 0 spiro atoms. The summed E-state index contributed by atoms with van der Waals surface area (Å²) >= 11 is 1.94. The highest BCUT2D eigenvalue weighted by Crippen LogP contribution is 2.57. The largest absolute Gasteiger partial charge is 0.313 e. The second kappa shape index (κ2) is 6.26. The Hall–Kier alpha value is -1.38. The average molecular weight is 324 g/mol. The summed E-state index contributed by atoms with van der Waals surface area (Å²) in [5, 5.41) is 5.90. The lowest BCUT2D eigenvalue weighted by atomic mass is 9.60. The molecule has 1 heterocycles. The Morgan fingerprint density at radius 1 is 1.22 bits per heavy atom. The van der Waals surface area contributed by atoms with Crippen molar-refractivity contribution in [2.75, 3.05) is 6.54 Å². The summed E-state index contributed by atoms with van der Waals surface area (Å²) in [6.45, 7) is 4.21. The molecule has 2 aromatic rings. The zero-order valence-corrected chi connectivity index (χ0v) is 14.7. The van der Waals surface area contributed by atoms with Crippen LogP contribution >= 0.6 is 11.3 Å². The van der Waals surface area contributed by atoms with Crippen LogP contribution in [0.4, 0.5) is 0 Å². The molecule has 1 aromatic heterocycles. The molecule has 2 aliphatic carbocycles. The van der Waals surface area contributed by atoms with Crippen LogP contribution in [-0.2, 0) is 12.0 Å². The van der Waals surface area contributed by atoms with Gasteiger partial charge in [-0.1, -0.05) is 47.5 Å². The summed E-state index contributed by atoms with van der Waals surface area (Å²) in [5.74, 6) is 0.822. The Morgan fingerprint density at radius 3 is 2.83 bits per heavy atom. The Labute approximate surface area is 143 Å². The molecule has 2 atom stereocenters. The number of nitrogens with one attached hydrogen (secondary N) is 1. The summed E-state index contributed by atoms with van der Waals surface area (Å²) in [6.07, 6.45) is 7.95. The molecule has 0 amide bonds. The number of benzene rings is 1. The first-order valence-corrected chi connectivity index (χ1v) is 9.68. The van der Waals surface area contributed by atoms with Gasteiger partial charge in [-0.05, 0) is 62.1 Å². The predicted octanol–water partition coefficient (Wildman–Crippen LogP) is 5.21. The Bertz CT molecular complexity index is 683. The highest BCUT2D eigenvalue weighted by Gasteiger charge is 2.49. The molecule has 1 aromatic carbocycles. The fourth-order valence-corrected chi connectivity index (χ4v) is 5.34. The third-order valence-corrected chi connectivity index (χ3v) is 6.68. The van der Waals surface area contributed by atoms with Gasteiger partial charge in [0, 0.05) is 16.8 Å². The molecule has 2 heteroatoms. The molecule has 0 bridgehead atoms. The maximum atomic E-state index is 3.66. The minimum absolute atomic E-state index is 0.334. The summed E-state index contributed by atoms with van der Waals surface area (Å²) < 4.78 is 0. The quantitative estimate of drug-likeness (QED) is 0.568. The number of fused-ring (bicyclic) bond motifs is 1. The molecule has 2 aliphatic rings. The van der Waals surface area contributed by atoms with Gasteiger partial charge in [-0.25, -0.2) is 0 Å². The SMILES string of the molecule is Cc1ccc(CNCCC2(c3cccs3)C=C3CCCC32)cc1. The Balaban J connectivity index is 1.39. The van der Waals surface area contributed by atoms with Crippen LogP contribution in [0.1, 0.15) is 41.7 Å². The van der Waals surface area contributed by atoms with Crippen molar-refractivity contribution in [3.8, 4) is 0 Å². The van der Waals surface area contributed by atoms with Crippen LogP contribution in [0.3, 0.4) is 0 Å². The van der Waals surface area contributed by atoms with Crippen LogP contribution < -0.4 is 5.32 Å². The molecule has 120 valence electrons. The zero-order valence-electron chi connectivity index (χ0n) is 13.8. The standard InChI is InChI=1S/C21H25NS/c1-16-7-9-17(10-8-16)15-22-12-11-21(20-6-3-13-23-20)14-18-4-2-5-19(18)21/h3,6-10,13-14,19,22H,2,4-5,11-12,15H2,1H3. The molecule has 4 rings (SSSR count). The molecule has 2 unspecified atom stereocenters. The molecule has 1 fully saturated rings. The first-order chi connectivity index (χ1) is 11.3. The van der Waals surface area contributed by atoms with E-state index in [4.69, 9.17) is 0 Å². The van der Waals surface area contributed by atoms with Gasteiger partial charge in [0.25, 0.3) is 0 Å². The minimum Gasteiger partial charge on any atom is -0.313 e. The highest BCUT2D eigenvalue weighted by atomic mass is 32.1. The van der Waals surface area contributed by atoms with Crippen molar-refractivity contribution in [2.24, 2.45) is 5.92 Å². The maximum absolute atomic E-state index is 3.66. The van der Waals surface area contributed by atoms with Crippen LogP contribution in [0, 0.1) is 12.8 Å². The van der Waals surface area contributed by atoms with Gasteiger partial charge in [-0.2, -0.15) is 0 Å².